The highest BCUT2D eigenvalue weighted by Crippen LogP contribution is 2.23. The zero-order valence-electron chi connectivity index (χ0n) is 12.7. The molecule has 0 spiro atoms. The van der Waals surface area contributed by atoms with E-state index in [1.54, 1.807) is 4.90 Å². The summed E-state index contributed by atoms with van der Waals surface area (Å²) in [4.78, 5) is 14.8. The number of thiophene rings is 1. The summed E-state index contributed by atoms with van der Waals surface area (Å²) in [5, 5.41) is 1.53. The number of rotatable bonds is 4. The topological polar surface area (TPSA) is 54.5 Å². The van der Waals surface area contributed by atoms with Crippen LogP contribution in [0.1, 0.15) is 28.1 Å². The lowest BCUT2D eigenvalue weighted by Crippen LogP contribution is -2.42. The molecule has 6 heteroatoms. The molecule has 0 unspecified atom stereocenters. The fourth-order valence-corrected chi connectivity index (χ4v) is 5.41. The van der Waals surface area contributed by atoms with Crippen molar-refractivity contribution in [1.29, 1.82) is 0 Å². The molecule has 0 radical (unpaired) electrons. The number of sulfone groups is 1. The van der Waals surface area contributed by atoms with E-state index in [9.17, 15) is 13.2 Å². The first kappa shape index (κ1) is 16.2. The van der Waals surface area contributed by atoms with Crippen LogP contribution in [-0.4, -0.2) is 37.6 Å². The maximum Gasteiger partial charge on any atom is 0.263 e. The molecule has 2 aromatic rings. The Bertz CT molecular complexity index is 746. The number of amides is 1. The minimum Gasteiger partial charge on any atom is -0.338 e. The summed E-state index contributed by atoms with van der Waals surface area (Å²) in [7, 11) is -3.17. The summed E-state index contributed by atoms with van der Waals surface area (Å²) in [6, 6.07) is 12.9. The Morgan fingerprint density at radius 1 is 1.09 bits per heavy atom. The Balaban J connectivity index is 1.61. The van der Waals surface area contributed by atoms with Crippen LogP contribution in [0.2, 0.25) is 0 Å². The van der Waals surface area contributed by atoms with Crippen LogP contribution in [0.15, 0.2) is 47.8 Å². The van der Waals surface area contributed by atoms with Crippen LogP contribution in [0.5, 0.6) is 0 Å². The minimum atomic E-state index is -3.17. The van der Waals surface area contributed by atoms with Gasteiger partial charge < -0.3 is 4.90 Å². The molecule has 0 saturated carbocycles. The minimum absolute atomic E-state index is 0.0129. The summed E-state index contributed by atoms with van der Waals surface area (Å²) in [5.74, 6) is 0.0936. The van der Waals surface area contributed by atoms with Gasteiger partial charge in [-0.25, -0.2) is 8.42 Å². The van der Waals surface area contributed by atoms with Gasteiger partial charge in [-0.15, -0.1) is 11.3 Å². The SMILES string of the molecule is O=C(c1cccs1)N1CCC(S(=O)(=O)Cc2ccccc2)CC1. The Kier molecular flexibility index (Phi) is 4.82. The normalized spacial score (nSPS) is 16.4. The highest BCUT2D eigenvalue weighted by molar-refractivity contribution is 7.91. The van der Waals surface area contributed by atoms with Crippen LogP contribution >= 0.6 is 11.3 Å². The summed E-state index contributed by atoms with van der Waals surface area (Å²) in [5.41, 5.74) is 0.824. The molecule has 0 N–H and O–H groups in total. The number of likely N-dealkylation sites (tertiary alicyclic amines) is 1. The molecule has 1 aromatic heterocycles. The molecule has 122 valence electrons. The van der Waals surface area contributed by atoms with Crippen LogP contribution in [0.3, 0.4) is 0 Å². The highest BCUT2D eigenvalue weighted by Gasteiger charge is 2.32. The number of piperidine rings is 1. The van der Waals surface area contributed by atoms with Crippen molar-refractivity contribution in [2.75, 3.05) is 13.1 Å². The van der Waals surface area contributed by atoms with Gasteiger partial charge in [-0.05, 0) is 29.9 Å². The van der Waals surface area contributed by atoms with Crippen LogP contribution in [0, 0.1) is 0 Å². The molecule has 1 aromatic carbocycles. The third-order valence-electron chi connectivity index (χ3n) is 4.18. The Morgan fingerprint density at radius 2 is 1.78 bits per heavy atom. The van der Waals surface area contributed by atoms with E-state index in [0.29, 0.717) is 25.9 Å². The van der Waals surface area contributed by atoms with Crippen molar-refractivity contribution in [1.82, 2.24) is 4.90 Å². The van der Waals surface area contributed by atoms with Gasteiger partial charge in [0.25, 0.3) is 5.91 Å². The van der Waals surface area contributed by atoms with E-state index >= 15 is 0 Å². The first-order valence-corrected chi connectivity index (χ1v) is 10.2. The predicted molar refractivity (Wildman–Crippen MR) is 92.3 cm³/mol. The molecule has 23 heavy (non-hydrogen) atoms. The van der Waals surface area contributed by atoms with E-state index in [2.05, 4.69) is 0 Å². The van der Waals surface area contributed by atoms with Gasteiger partial charge in [-0.1, -0.05) is 36.4 Å². The maximum absolute atomic E-state index is 12.6. The van der Waals surface area contributed by atoms with E-state index in [1.165, 1.54) is 11.3 Å². The molecule has 3 rings (SSSR count). The van der Waals surface area contributed by atoms with E-state index in [-0.39, 0.29) is 16.9 Å². The van der Waals surface area contributed by atoms with E-state index in [0.717, 1.165) is 10.4 Å². The summed E-state index contributed by atoms with van der Waals surface area (Å²) in [6.07, 6.45) is 1.04. The molecule has 1 aliphatic heterocycles. The Morgan fingerprint density at radius 3 is 2.39 bits per heavy atom. The summed E-state index contributed by atoms with van der Waals surface area (Å²) < 4.78 is 25.1. The molecular weight excluding hydrogens is 330 g/mol. The second kappa shape index (κ2) is 6.84. The molecule has 0 bridgehead atoms. The first-order valence-electron chi connectivity index (χ1n) is 7.64. The second-order valence-electron chi connectivity index (χ2n) is 5.76. The third kappa shape index (κ3) is 3.82. The first-order chi connectivity index (χ1) is 11.1. The van der Waals surface area contributed by atoms with Crippen molar-refractivity contribution in [2.45, 2.75) is 23.8 Å². The monoisotopic (exact) mass is 349 g/mol. The number of hydrogen-bond acceptors (Lipinski definition) is 4. The molecule has 4 nitrogen and oxygen atoms in total. The lowest BCUT2D eigenvalue weighted by Gasteiger charge is -2.31. The van der Waals surface area contributed by atoms with Gasteiger partial charge in [0.2, 0.25) is 0 Å². The van der Waals surface area contributed by atoms with Crippen molar-refractivity contribution >= 4 is 27.1 Å². The van der Waals surface area contributed by atoms with Crippen molar-refractivity contribution < 1.29 is 13.2 Å². The summed E-state index contributed by atoms with van der Waals surface area (Å²) >= 11 is 1.42. The van der Waals surface area contributed by atoms with E-state index in [1.807, 2.05) is 47.8 Å². The zero-order chi connectivity index (χ0) is 16.3. The van der Waals surface area contributed by atoms with Crippen molar-refractivity contribution in [2.24, 2.45) is 0 Å². The number of hydrogen-bond donors (Lipinski definition) is 0. The van der Waals surface area contributed by atoms with Crippen LogP contribution < -0.4 is 0 Å². The standard InChI is InChI=1S/C17H19NO3S2/c19-17(16-7-4-12-22-16)18-10-8-15(9-11-18)23(20,21)13-14-5-2-1-3-6-14/h1-7,12,15H,8-11,13H2. The van der Waals surface area contributed by atoms with Crippen molar-refractivity contribution in [3.63, 3.8) is 0 Å². The molecule has 1 amide bonds. The third-order valence-corrected chi connectivity index (χ3v) is 7.26. The number of benzene rings is 1. The van der Waals surface area contributed by atoms with Gasteiger partial charge in [0.1, 0.15) is 0 Å². The maximum atomic E-state index is 12.6. The van der Waals surface area contributed by atoms with Gasteiger partial charge in [0, 0.05) is 13.1 Å². The molecule has 1 aliphatic rings. The highest BCUT2D eigenvalue weighted by atomic mass is 32.2. The molecular formula is C17H19NO3S2. The fraction of sp³-hybridized carbons (Fsp3) is 0.353. The zero-order valence-corrected chi connectivity index (χ0v) is 14.4. The van der Waals surface area contributed by atoms with Gasteiger partial charge >= 0.3 is 0 Å². The van der Waals surface area contributed by atoms with E-state index in [4.69, 9.17) is 0 Å². The fourth-order valence-electron chi connectivity index (χ4n) is 2.90. The van der Waals surface area contributed by atoms with Gasteiger partial charge in [-0.3, -0.25) is 4.79 Å². The van der Waals surface area contributed by atoms with Crippen LogP contribution in [0.25, 0.3) is 0 Å². The predicted octanol–water partition coefficient (Wildman–Crippen LogP) is 2.97. The van der Waals surface area contributed by atoms with Crippen LogP contribution in [0.4, 0.5) is 0 Å². The Hall–Kier alpha value is -1.66. The largest absolute Gasteiger partial charge is 0.338 e. The van der Waals surface area contributed by atoms with Crippen molar-refractivity contribution in [3.05, 3.63) is 58.3 Å². The smallest absolute Gasteiger partial charge is 0.263 e. The number of carbonyl (C=O) groups excluding carboxylic acids is 1. The molecule has 0 aliphatic carbocycles. The van der Waals surface area contributed by atoms with E-state index < -0.39 is 9.84 Å². The summed E-state index contributed by atoms with van der Waals surface area (Å²) in [6.45, 7) is 1.02. The average Bonchev–Trinajstić information content (AvgIpc) is 3.09. The molecule has 1 fully saturated rings. The van der Waals surface area contributed by atoms with Gasteiger partial charge in [0.15, 0.2) is 9.84 Å². The number of carbonyl (C=O) groups is 1. The van der Waals surface area contributed by atoms with Crippen LogP contribution in [-0.2, 0) is 15.6 Å². The number of nitrogens with zero attached hydrogens (tertiary/aromatic N) is 1. The molecule has 1 saturated heterocycles. The second-order valence-corrected chi connectivity index (χ2v) is 8.99. The lowest BCUT2D eigenvalue weighted by atomic mass is 10.1. The van der Waals surface area contributed by atoms with Crippen molar-refractivity contribution in [3.8, 4) is 0 Å². The molecule has 2 heterocycles. The lowest BCUT2D eigenvalue weighted by molar-refractivity contribution is 0.0730. The average molecular weight is 349 g/mol. The van der Waals surface area contributed by atoms with Gasteiger partial charge in [0.05, 0.1) is 15.9 Å². The molecule has 0 atom stereocenters. The Labute approximate surface area is 140 Å². The quantitative estimate of drug-likeness (QED) is 0.853. The van der Waals surface area contributed by atoms with Gasteiger partial charge in [-0.2, -0.15) is 0 Å².